The first kappa shape index (κ1) is 22.3. The molecular weight excluding hydrogens is 432 g/mol. The van der Waals surface area contributed by atoms with E-state index < -0.39 is 11.6 Å². The number of benzene rings is 3. The van der Waals surface area contributed by atoms with Crippen molar-refractivity contribution in [3.63, 3.8) is 0 Å². The van der Waals surface area contributed by atoms with Crippen LogP contribution in [0.3, 0.4) is 0 Å². The first-order valence-corrected chi connectivity index (χ1v) is 11.2. The summed E-state index contributed by atoms with van der Waals surface area (Å²) < 4.78 is 43.9. The fraction of sp³-hybridized carbons (Fsp3) is 0.280. The standard InChI is InChI=1S/C25H25F2NO3S/c1-29-21-11-9-17(24(30-2)25(21)31-3)15-28-13-12-22(16-8-10-18(26)19(27)14-16)32-23-7-5-4-6-20(23)28/h4-11,14,22H,12-13,15H2,1-3H3. The fourth-order valence-electron chi connectivity index (χ4n) is 4.03. The van der Waals surface area contributed by atoms with Crippen molar-refractivity contribution < 1.29 is 23.0 Å². The average Bonchev–Trinajstić information content (AvgIpc) is 3.00. The molecule has 1 aliphatic rings. The van der Waals surface area contributed by atoms with Gasteiger partial charge in [0.05, 0.1) is 27.0 Å². The molecule has 0 saturated carbocycles. The molecule has 4 nitrogen and oxygen atoms in total. The highest BCUT2D eigenvalue weighted by molar-refractivity contribution is 7.99. The smallest absolute Gasteiger partial charge is 0.203 e. The minimum Gasteiger partial charge on any atom is -0.493 e. The zero-order chi connectivity index (χ0) is 22.7. The van der Waals surface area contributed by atoms with Crippen molar-refractivity contribution in [1.82, 2.24) is 0 Å². The molecule has 1 heterocycles. The first-order chi connectivity index (χ1) is 15.5. The molecule has 3 aromatic rings. The Morgan fingerprint density at radius 3 is 2.41 bits per heavy atom. The Bertz CT molecular complexity index is 1110. The molecule has 168 valence electrons. The Morgan fingerprint density at radius 2 is 1.69 bits per heavy atom. The largest absolute Gasteiger partial charge is 0.493 e. The number of nitrogens with zero attached hydrogens (tertiary/aromatic N) is 1. The maximum Gasteiger partial charge on any atom is 0.203 e. The number of methoxy groups -OCH3 is 3. The molecule has 0 aromatic heterocycles. The van der Waals surface area contributed by atoms with Crippen LogP contribution < -0.4 is 19.1 Å². The van der Waals surface area contributed by atoms with Crippen LogP contribution in [0.15, 0.2) is 59.5 Å². The van der Waals surface area contributed by atoms with Gasteiger partial charge in [0, 0.05) is 28.8 Å². The third-order valence-corrected chi connectivity index (χ3v) is 6.99. The number of halogens is 2. The normalized spacial score (nSPS) is 15.7. The summed E-state index contributed by atoms with van der Waals surface area (Å²) in [7, 11) is 4.80. The van der Waals surface area contributed by atoms with E-state index in [1.54, 1.807) is 39.2 Å². The lowest BCUT2D eigenvalue weighted by molar-refractivity contribution is 0.322. The van der Waals surface area contributed by atoms with Gasteiger partial charge in [-0.15, -0.1) is 11.8 Å². The highest BCUT2D eigenvalue weighted by Crippen LogP contribution is 2.47. The number of para-hydroxylation sites is 1. The van der Waals surface area contributed by atoms with Crippen LogP contribution in [-0.2, 0) is 6.54 Å². The van der Waals surface area contributed by atoms with E-state index in [2.05, 4.69) is 17.0 Å². The highest BCUT2D eigenvalue weighted by atomic mass is 32.2. The number of hydrogen-bond donors (Lipinski definition) is 0. The van der Waals surface area contributed by atoms with Gasteiger partial charge in [-0.2, -0.15) is 0 Å². The summed E-state index contributed by atoms with van der Waals surface area (Å²) in [5.74, 6) is 0.170. The third kappa shape index (κ3) is 4.35. The van der Waals surface area contributed by atoms with Gasteiger partial charge in [0.1, 0.15) is 0 Å². The Balaban J connectivity index is 1.67. The van der Waals surface area contributed by atoms with E-state index >= 15 is 0 Å². The topological polar surface area (TPSA) is 30.9 Å². The maximum atomic E-state index is 13.9. The van der Waals surface area contributed by atoms with Crippen molar-refractivity contribution in [3.05, 3.63) is 77.4 Å². The van der Waals surface area contributed by atoms with Crippen LogP contribution in [0.2, 0.25) is 0 Å². The molecule has 0 spiro atoms. The lowest BCUT2D eigenvalue weighted by Gasteiger charge is -2.26. The molecule has 7 heteroatoms. The molecule has 1 aliphatic heterocycles. The summed E-state index contributed by atoms with van der Waals surface area (Å²) in [5, 5.41) is 0.0172. The second kappa shape index (κ2) is 9.69. The van der Waals surface area contributed by atoms with Crippen molar-refractivity contribution in [2.24, 2.45) is 0 Å². The SMILES string of the molecule is COc1ccc(CN2CCC(c3ccc(F)c(F)c3)Sc3ccccc32)c(OC)c1OC. The molecule has 4 rings (SSSR count). The molecule has 0 amide bonds. The number of hydrogen-bond acceptors (Lipinski definition) is 5. The van der Waals surface area contributed by atoms with E-state index in [0.717, 1.165) is 34.7 Å². The molecule has 1 unspecified atom stereocenters. The summed E-state index contributed by atoms with van der Waals surface area (Å²) >= 11 is 1.68. The second-order valence-corrected chi connectivity index (χ2v) is 8.70. The van der Waals surface area contributed by atoms with Crippen molar-refractivity contribution >= 4 is 17.4 Å². The van der Waals surface area contributed by atoms with E-state index in [1.807, 2.05) is 24.3 Å². The molecular formula is C25H25F2NO3S. The van der Waals surface area contributed by atoms with Crippen molar-refractivity contribution in [3.8, 4) is 17.2 Å². The van der Waals surface area contributed by atoms with E-state index in [-0.39, 0.29) is 5.25 Å². The molecule has 0 aliphatic carbocycles. The Labute approximate surface area is 191 Å². The van der Waals surface area contributed by atoms with E-state index in [4.69, 9.17) is 14.2 Å². The predicted octanol–water partition coefficient (Wildman–Crippen LogP) is 6.23. The monoisotopic (exact) mass is 457 g/mol. The molecule has 32 heavy (non-hydrogen) atoms. The van der Waals surface area contributed by atoms with Crippen molar-refractivity contribution in [2.45, 2.75) is 23.1 Å². The molecule has 0 N–H and O–H groups in total. The lowest BCUT2D eigenvalue weighted by atomic mass is 10.1. The summed E-state index contributed by atoms with van der Waals surface area (Å²) in [5.41, 5.74) is 2.85. The average molecular weight is 458 g/mol. The summed E-state index contributed by atoms with van der Waals surface area (Å²) in [6.45, 7) is 1.34. The van der Waals surface area contributed by atoms with Crippen LogP contribution in [0.4, 0.5) is 14.5 Å². The van der Waals surface area contributed by atoms with Crippen LogP contribution >= 0.6 is 11.8 Å². The van der Waals surface area contributed by atoms with E-state index in [1.165, 1.54) is 12.1 Å². The van der Waals surface area contributed by atoms with Crippen LogP contribution in [-0.4, -0.2) is 27.9 Å². The number of rotatable bonds is 6. The lowest BCUT2D eigenvalue weighted by Crippen LogP contribution is -2.24. The Hall–Kier alpha value is -2.93. The molecule has 1 atom stereocenters. The summed E-state index contributed by atoms with van der Waals surface area (Å²) in [4.78, 5) is 3.38. The third-order valence-electron chi connectivity index (χ3n) is 5.60. The minimum atomic E-state index is -0.824. The maximum absolute atomic E-state index is 13.9. The Morgan fingerprint density at radius 1 is 0.906 bits per heavy atom. The van der Waals surface area contributed by atoms with Gasteiger partial charge in [0.25, 0.3) is 0 Å². The van der Waals surface area contributed by atoms with Crippen LogP contribution in [0.25, 0.3) is 0 Å². The number of ether oxygens (including phenoxy) is 3. The van der Waals surface area contributed by atoms with Gasteiger partial charge >= 0.3 is 0 Å². The molecule has 3 aromatic carbocycles. The number of thioether (sulfide) groups is 1. The quantitative estimate of drug-likeness (QED) is 0.438. The number of fused-ring (bicyclic) bond motifs is 1. The van der Waals surface area contributed by atoms with Gasteiger partial charge in [-0.25, -0.2) is 8.78 Å². The minimum absolute atomic E-state index is 0.0172. The molecule has 0 bridgehead atoms. The Kier molecular flexibility index (Phi) is 6.74. The van der Waals surface area contributed by atoms with Crippen LogP contribution in [0.1, 0.15) is 22.8 Å². The van der Waals surface area contributed by atoms with Gasteiger partial charge < -0.3 is 19.1 Å². The van der Waals surface area contributed by atoms with E-state index in [0.29, 0.717) is 23.8 Å². The number of anilines is 1. The van der Waals surface area contributed by atoms with Gasteiger partial charge in [0.2, 0.25) is 5.75 Å². The first-order valence-electron chi connectivity index (χ1n) is 10.3. The van der Waals surface area contributed by atoms with Gasteiger partial charge in [0.15, 0.2) is 23.1 Å². The van der Waals surface area contributed by atoms with E-state index in [9.17, 15) is 8.78 Å². The molecule has 0 fully saturated rings. The van der Waals surface area contributed by atoms with Crippen molar-refractivity contribution in [2.75, 3.05) is 32.8 Å². The highest BCUT2D eigenvalue weighted by Gasteiger charge is 2.25. The van der Waals surface area contributed by atoms with Gasteiger partial charge in [-0.3, -0.25) is 0 Å². The molecule has 0 radical (unpaired) electrons. The molecule has 0 saturated heterocycles. The second-order valence-electron chi connectivity index (χ2n) is 7.45. The van der Waals surface area contributed by atoms with Crippen LogP contribution in [0, 0.1) is 11.6 Å². The zero-order valence-corrected chi connectivity index (χ0v) is 19.0. The van der Waals surface area contributed by atoms with Gasteiger partial charge in [-0.1, -0.05) is 18.2 Å². The zero-order valence-electron chi connectivity index (χ0n) is 18.2. The summed E-state index contributed by atoms with van der Waals surface area (Å²) in [6.07, 6.45) is 0.778. The van der Waals surface area contributed by atoms with Crippen LogP contribution in [0.5, 0.6) is 17.2 Å². The summed E-state index contributed by atoms with van der Waals surface area (Å²) in [6, 6.07) is 16.2. The fourth-order valence-corrected chi connectivity index (χ4v) is 5.32. The van der Waals surface area contributed by atoms with Crippen molar-refractivity contribution in [1.29, 1.82) is 0 Å². The van der Waals surface area contributed by atoms with Gasteiger partial charge in [-0.05, 0) is 48.4 Å². The predicted molar refractivity (Wildman–Crippen MR) is 123 cm³/mol.